The van der Waals surface area contributed by atoms with Gasteiger partial charge in [0, 0.05) is 0 Å². The van der Waals surface area contributed by atoms with E-state index in [4.69, 9.17) is 22.6 Å². The van der Waals surface area contributed by atoms with E-state index in [1.807, 2.05) is 279 Å². The molecular formula is C70H51BF6O5P2. The third kappa shape index (κ3) is 8.99. The Morgan fingerprint density at radius 1 is 0.286 bits per heavy atom. The van der Waals surface area contributed by atoms with Crippen molar-refractivity contribution in [3.05, 3.63) is 331 Å². The molecule has 0 aromatic heterocycles. The topological polar surface area (TPSA) is 46.2 Å². The van der Waals surface area contributed by atoms with Crippen LogP contribution in [0.2, 0.25) is 0 Å². The number of alkyl halides is 6. The van der Waals surface area contributed by atoms with Gasteiger partial charge in [-0.25, -0.2) is 0 Å². The van der Waals surface area contributed by atoms with Crippen molar-refractivity contribution in [1.29, 1.82) is 0 Å². The van der Waals surface area contributed by atoms with Gasteiger partial charge in [-0.1, -0.05) is 0 Å². The minimum atomic E-state index is -5.59. The van der Waals surface area contributed by atoms with Crippen molar-refractivity contribution in [1.82, 2.24) is 0 Å². The summed E-state index contributed by atoms with van der Waals surface area (Å²) in [7, 11) is -13.6. The molecule has 0 fully saturated rings. The van der Waals surface area contributed by atoms with Crippen LogP contribution in [-0.2, 0) is 30.3 Å². The molecule has 0 amide bonds. The summed E-state index contributed by atoms with van der Waals surface area (Å²) in [5, 5.41) is 2.74. The Labute approximate surface area is 483 Å². The van der Waals surface area contributed by atoms with Gasteiger partial charge >= 0.3 is 485 Å². The molecule has 0 atom stereocenters. The van der Waals surface area contributed by atoms with E-state index in [-0.39, 0.29) is 6.07 Å². The van der Waals surface area contributed by atoms with Crippen molar-refractivity contribution >= 4 is 53.3 Å². The molecule has 0 spiro atoms. The quantitative estimate of drug-likeness (QED) is 0.0548. The van der Waals surface area contributed by atoms with Gasteiger partial charge in [0.25, 0.3) is 0 Å². The van der Waals surface area contributed by atoms with Crippen LogP contribution in [0, 0.1) is 0 Å². The molecule has 0 saturated heterocycles. The Bertz CT molecular complexity index is 3610. The standard InChI is InChI=1S/C70H51BF6O5P2/c72-69(73,74)50-47-51(70(75,76)77)49-52(48-50)78-71(81-83(53-27-7-1-8-28-53,54-29-9-2-10-30-54,55-31-11-3-12-32-55)79-67-63-43-23-19-39-59(63)60-40-20-24-44-64(60)67)82-84(56-33-13-4-14-34-56,57-35-15-5-16-36-57,58-37-17-6-18-38-58)80-68-65-45-25-21-41-61(65)62-42-22-26-46-66(62)68/h1-49,67-68H. The molecule has 0 N–H and O–H groups in total. The molecule has 13 rings (SSSR count). The number of halogens is 6. The van der Waals surface area contributed by atoms with Gasteiger partial charge in [0.2, 0.25) is 0 Å². The van der Waals surface area contributed by atoms with Crippen molar-refractivity contribution in [2.45, 2.75) is 24.6 Å². The van der Waals surface area contributed by atoms with Crippen molar-refractivity contribution in [2.24, 2.45) is 0 Å². The van der Waals surface area contributed by atoms with Gasteiger partial charge in [0.1, 0.15) is 0 Å². The first kappa shape index (κ1) is 54.8. The van der Waals surface area contributed by atoms with Gasteiger partial charge in [0.15, 0.2) is 0 Å². The monoisotopic (exact) mass is 1160 g/mol. The first-order valence-corrected chi connectivity index (χ1v) is 31.4. The summed E-state index contributed by atoms with van der Waals surface area (Å²) in [5.41, 5.74) is 3.47. The molecule has 11 aromatic rings. The molecule has 2 aliphatic carbocycles. The third-order valence-electron chi connectivity index (χ3n) is 15.9. The summed E-state index contributed by atoms with van der Waals surface area (Å²) in [4.78, 5) is 0. The van der Waals surface area contributed by atoms with Gasteiger partial charge in [0.05, 0.1) is 0 Å². The van der Waals surface area contributed by atoms with Gasteiger partial charge < -0.3 is 0 Å². The molecule has 11 aromatic carbocycles. The van der Waals surface area contributed by atoms with E-state index in [9.17, 15) is 0 Å². The van der Waals surface area contributed by atoms with E-state index in [2.05, 4.69) is 0 Å². The number of hydrogen-bond donors (Lipinski definition) is 0. The molecule has 0 unspecified atom stereocenters. The zero-order valence-electron chi connectivity index (χ0n) is 44.7. The Hall–Kier alpha value is -8.44. The first-order valence-electron chi connectivity index (χ1n) is 27.2. The predicted octanol–water partition coefficient (Wildman–Crippen LogP) is 16.4. The van der Waals surface area contributed by atoms with Crippen LogP contribution in [0.5, 0.6) is 5.75 Å². The van der Waals surface area contributed by atoms with Crippen LogP contribution < -0.4 is 36.5 Å². The minimum absolute atomic E-state index is 0.0651. The third-order valence-corrected chi connectivity index (χ3v) is 25.7. The van der Waals surface area contributed by atoms with E-state index < -0.39 is 62.9 Å². The molecule has 14 heteroatoms. The summed E-state index contributed by atoms with van der Waals surface area (Å²) in [6.07, 6.45) is -12.4. The molecule has 0 bridgehead atoms. The van der Waals surface area contributed by atoms with Gasteiger partial charge in [-0.15, -0.1) is 0 Å². The van der Waals surface area contributed by atoms with Gasteiger partial charge in [-0.2, -0.15) is 0 Å². The van der Waals surface area contributed by atoms with Crippen LogP contribution in [0.4, 0.5) is 26.3 Å². The van der Waals surface area contributed by atoms with Crippen molar-refractivity contribution in [3.63, 3.8) is 0 Å². The van der Waals surface area contributed by atoms with Crippen LogP contribution >= 0.6 is 14.1 Å². The zero-order valence-corrected chi connectivity index (χ0v) is 46.5. The predicted molar refractivity (Wildman–Crippen MR) is 325 cm³/mol. The van der Waals surface area contributed by atoms with Crippen LogP contribution in [0.3, 0.4) is 0 Å². The fourth-order valence-corrected chi connectivity index (χ4v) is 22.0. The van der Waals surface area contributed by atoms with Crippen molar-refractivity contribution in [3.8, 4) is 28.0 Å². The van der Waals surface area contributed by atoms with Crippen LogP contribution in [0.15, 0.2) is 297 Å². The van der Waals surface area contributed by atoms with Crippen LogP contribution in [0.25, 0.3) is 22.3 Å². The zero-order chi connectivity index (χ0) is 57.6. The fraction of sp³-hybridized carbons (Fsp3) is 0.0571. The summed E-state index contributed by atoms with van der Waals surface area (Å²) in [6, 6.07) is 88.0. The number of hydrogen-bond acceptors (Lipinski definition) is 5. The van der Waals surface area contributed by atoms with E-state index in [1.54, 1.807) is 0 Å². The Kier molecular flexibility index (Phi) is 13.9. The molecular weight excluding hydrogens is 1110 g/mol. The molecule has 416 valence electrons. The molecule has 0 radical (unpaired) electrons. The summed E-state index contributed by atoms with van der Waals surface area (Å²) in [6.45, 7) is 0. The van der Waals surface area contributed by atoms with E-state index >= 15 is 26.3 Å². The average Bonchev–Trinajstić information content (AvgIpc) is 0.920. The van der Waals surface area contributed by atoms with Gasteiger partial charge in [-0.05, 0) is 0 Å². The molecule has 84 heavy (non-hydrogen) atoms. The summed E-state index contributed by atoms with van der Waals surface area (Å²) < 4.78 is 132. The first-order chi connectivity index (χ1) is 40.8. The normalized spacial score (nSPS) is 14.2. The molecule has 2 aliphatic rings. The van der Waals surface area contributed by atoms with Gasteiger partial charge in [-0.3, -0.25) is 0 Å². The Morgan fingerprint density at radius 2 is 0.512 bits per heavy atom. The molecule has 0 heterocycles. The Morgan fingerprint density at radius 3 is 0.750 bits per heavy atom. The fourth-order valence-electron chi connectivity index (χ4n) is 12.2. The number of rotatable bonds is 16. The molecule has 0 aliphatic heterocycles. The van der Waals surface area contributed by atoms with Crippen molar-refractivity contribution < 1.29 is 48.9 Å². The Balaban J connectivity index is 1.19. The number of benzene rings is 11. The van der Waals surface area contributed by atoms with Crippen LogP contribution in [-0.4, -0.2) is 7.32 Å². The number of fused-ring (bicyclic) bond motifs is 6. The van der Waals surface area contributed by atoms with Crippen molar-refractivity contribution in [2.75, 3.05) is 0 Å². The second kappa shape index (κ2) is 21.3. The van der Waals surface area contributed by atoms with Crippen LogP contribution in [0.1, 0.15) is 45.6 Å². The SMILES string of the molecule is FC(F)(F)c1cc(OB(OP(OC2c3ccccc3-c3ccccc32)(c2ccccc2)(c2ccccc2)c2ccccc2)OP(OC2c3ccccc3-c3ccccc32)(c2ccccc2)(c2ccccc2)c2ccccc2)cc(C(F)(F)F)c1. The van der Waals surface area contributed by atoms with E-state index in [0.29, 0.717) is 44.0 Å². The maximum atomic E-state index is 15.3. The van der Waals surface area contributed by atoms with E-state index in [0.717, 1.165) is 44.5 Å². The summed E-state index contributed by atoms with van der Waals surface area (Å²) >= 11 is 0. The summed E-state index contributed by atoms with van der Waals surface area (Å²) in [5.74, 6) is -0.869. The second-order valence-electron chi connectivity index (χ2n) is 20.6. The molecule has 5 nitrogen and oxygen atoms in total. The molecule has 0 saturated carbocycles. The second-order valence-corrected chi connectivity index (χ2v) is 28.4. The maximum absolute atomic E-state index is 15.3. The van der Waals surface area contributed by atoms with E-state index in [1.165, 1.54) is 0 Å². The average molecular weight is 1160 g/mol.